The zero-order valence-corrected chi connectivity index (χ0v) is 18.8. The summed E-state index contributed by atoms with van der Waals surface area (Å²) < 4.78 is 3.06. The Morgan fingerprint density at radius 2 is 1.41 bits per heavy atom. The molecular formula is C24H26N4Pt. The average molecular weight is 566 g/mol. The molecule has 0 amide bonds. The standard InChI is InChI=1S/C16H15N3.C8H11N.Pt/c1-3-7-14(8-4-1)11-16-17-13-19(18-16)12-15-9-5-2-6-10-15;1-7-2-4-8(6-9)5-3-7;/h1-10H,11-12H2,(H,17,18);2-5H,6,9H2,1H3;. The van der Waals surface area contributed by atoms with Crippen LogP contribution >= 0.6 is 0 Å². The Balaban J connectivity index is 0.000000224. The fourth-order valence-electron chi connectivity index (χ4n) is 2.85. The molecule has 0 unspecified atom stereocenters. The van der Waals surface area contributed by atoms with Crippen LogP contribution in [0.25, 0.3) is 0 Å². The van der Waals surface area contributed by atoms with E-state index in [0.29, 0.717) is 6.54 Å². The molecule has 0 saturated heterocycles. The van der Waals surface area contributed by atoms with Crippen LogP contribution < -0.4 is 5.73 Å². The van der Waals surface area contributed by atoms with Gasteiger partial charge in [0.05, 0.1) is 0 Å². The monoisotopic (exact) mass is 565 g/mol. The molecule has 0 atom stereocenters. The van der Waals surface area contributed by atoms with Gasteiger partial charge < -0.3 is 5.73 Å². The summed E-state index contributed by atoms with van der Waals surface area (Å²) >= 11 is 2.25. The Labute approximate surface area is 182 Å². The van der Waals surface area contributed by atoms with Gasteiger partial charge in [-0.05, 0) is 12.5 Å². The maximum atomic E-state index is 5.40. The van der Waals surface area contributed by atoms with E-state index in [9.17, 15) is 0 Å². The van der Waals surface area contributed by atoms with Crippen molar-refractivity contribution in [3.8, 4) is 0 Å². The summed E-state index contributed by atoms with van der Waals surface area (Å²) in [6, 6.07) is 29.0. The fraction of sp³-hybridized carbons (Fsp3) is 0.167. The van der Waals surface area contributed by atoms with Gasteiger partial charge in [-0.1, -0.05) is 29.8 Å². The van der Waals surface area contributed by atoms with Crippen LogP contribution in [-0.4, -0.2) is 14.8 Å². The predicted molar refractivity (Wildman–Crippen MR) is 114 cm³/mol. The first-order valence-electron chi connectivity index (χ1n) is 9.58. The summed E-state index contributed by atoms with van der Waals surface area (Å²) in [4.78, 5) is 4.60. The van der Waals surface area contributed by atoms with Crippen molar-refractivity contribution in [3.63, 3.8) is 0 Å². The second-order valence-electron chi connectivity index (χ2n) is 6.84. The fourth-order valence-corrected chi connectivity index (χ4v) is 3.46. The first-order chi connectivity index (χ1) is 14.1. The summed E-state index contributed by atoms with van der Waals surface area (Å²) in [5.41, 5.74) is 10.4. The van der Waals surface area contributed by atoms with Crippen molar-refractivity contribution in [2.45, 2.75) is 26.4 Å². The Hall–Kier alpha value is -2.55. The molecular weight excluding hydrogens is 539 g/mol. The van der Waals surface area contributed by atoms with Crippen LogP contribution in [0.5, 0.6) is 0 Å². The summed E-state index contributed by atoms with van der Waals surface area (Å²) in [5, 5.41) is 3.38. The van der Waals surface area contributed by atoms with Gasteiger partial charge in [-0.2, -0.15) is 0 Å². The van der Waals surface area contributed by atoms with Crippen LogP contribution in [-0.2, 0) is 38.9 Å². The van der Waals surface area contributed by atoms with Gasteiger partial charge in [-0.15, -0.1) is 0 Å². The molecule has 4 aromatic rings. The molecule has 29 heavy (non-hydrogen) atoms. The number of H-pyrrole nitrogens is 1. The summed E-state index contributed by atoms with van der Waals surface area (Å²) in [5.74, 6) is 0.997. The number of aryl methyl sites for hydroxylation is 1. The van der Waals surface area contributed by atoms with E-state index in [1.165, 1.54) is 22.3 Å². The summed E-state index contributed by atoms with van der Waals surface area (Å²) in [6.45, 7) is 3.53. The molecule has 0 aliphatic rings. The zero-order valence-electron chi connectivity index (χ0n) is 16.5. The van der Waals surface area contributed by atoms with Crippen molar-refractivity contribution in [1.82, 2.24) is 14.8 Å². The van der Waals surface area contributed by atoms with Crippen molar-refractivity contribution in [2.24, 2.45) is 5.73 Å². The van der Waals surface area contributed by atoms with E-state index in [1.54, 1.807) is 0 Å². The molecule has 4 nitrogen and oxygen atoms in total. The number of benzene rings is 3. The molecule has 0 fully saturated rings. The number of nitrogens with zero attached hydrogens (tertiary/aromatic N) is 2. The third-order valence-electron chi connectivity index (χ3n) is 4.44. The van der Waals surface area contributed by atoms with Crippen LogP contribution in [0.3, 0.4) is 0 Å². The SMILES string of the molecule is Cc1ccc(CN)cc1.[Pt]=[c]1nc(Cc2ccccc2)[nH]n1Cc1ccccc1. The molecule has 0 bridgehead atoms. The second-order valence-corrected chi connectivity index (χ2v) is 7.85. The number of aromatic amines is 1. The van der Waals surface area contributed by atoms with Crippen LogP contribution in [0.15, 0.2) is 84.9 Å². The van der Waals surface area contributed by atoms with Crippen LogP contribution in [0.4, 0.5) is 0 Å². The van der Waals surface area contributed by atoms with Gasteiger partial charge in [0.15, 0.2) is 0 Å². The molecule has 152 valence electrons. The molecule has 0 aliphatic carbocycles. The van der Waals surface area contributed by atoms with E-state index >= 15 is 0 Å². The summed E-state index contributed by atoms with van der Waals surface area (Å²) in [6.07, 6.45) is 0.832. The molecule has 0 radical (unpaired) electrons. The van der Waals surface area contributed by atoms with Gasteiger partial charge in [0, 0.05) is 6.54 Å². The zero-order chi connectivity index (χ0) is 20.5. The molecule has 0 saturated carbocycles. The van der Waals surface area contributed by atoms with Gasteiger partial charge in [0.2, 0.25) is 0 Å². The number of nitrogens with two attached hydrogens (primary N) is 1. The Bertz CT molecular complexity index is 1050. The molecule has 4 rings (SSSR count). The molecule has 5 heteroatoms. The number of hydrogen-bond donors (Lipinski definition) is 2. The van der Waals surface area contributed by atoms with Gasteiger partial charge in [-0.25, -0.2) is 0 Å². The van der Waals surface area contributed by atoms with E-state index in [0.717, 1.165) is 22.6 Å². The number of hydrogen-bond acceptors (Lipinski definition) is 2. The van der Waals surface area contributed by atoms with Crippen LogP contribution in [0.1, 0.15) is 28.1 Å². The van der Waals surface area contributed by atoms with E-state index < -0.39 is 0 Å². The van der Waals surface area contributed by atoms with E-state index in [2.05, 4.69) is 114 Å². The van der Waals surface area contributed by atoms with Crippen molar-refractivity contribution in [3.05, 3.63) is 117 Å². The third-order valence-corrected chi connectivity index (χ3v) is 5.31. The van der Waals surface area contributed by atoms with E-state index in [4.69, 9.17) is 5.73 Å². The minimum atomic E-state index is 0.639. The van der Waals surface area contributed by atoms with Crippen LogP contribution in [0.2, 0.25) is 0 Å². The quantitative estimate of drug-likeness (QED) is 0.378. The Morgan fingerprint density at radius 1 is 0.828 bits per heavy atom. The first-order valence-corrected chi connectivity index (χ1v) is 10.7. The number of aromatic nitrogens is 3. The molecule has 0 spiro atoms. The van der Waals surface area contributed by atoms with Crippen molar-refractivity contribution >= 4 is 0 Å². The van der Waals surface area contributed by atoms with E-state index in [-0.39, 0.29) is 0 Å². The molecule has 3 N–H and O–H groups in total. The van der Waals surface area contributed by atoms with Crippen molar-refractivity contribution < 1.29 is 19.4 Å². The normalized spacial score (nSPS) is 10.3. The minimum absolute atomic E-state index is 0.639. The second kappa shape index (κ2) is 10.8. The number of rotatable bonds is 5. The molecule has 1 heterocycles. The molecule has 3 aromatic carbocycles. The number of nitrogens with one attached hydrogen (secondary N) is 1. The first kappa shape index (κ1) is 21.2. The van der Waals surface area contributed by atoms with Crippen molar-refractivity contribution in [2.75, 3.05) is 0 Å². The van der Waals surface area contributed by atoms with Gasteiger partial charge in [0.1, 0.15) is 0 Å². The Kier molecular flexibility index (Phi) is 7.92. The molecule has 0 aliphatic heterocycles. The molecule has 1 aromatic heterocycles. The van der Waals surface area contributed by atoms with Crippen LogP contribution in [0, 0.1) is 10.7 Å². The summed E-state index contributed by atoms with van der Waals surface area (Å²) in [7, 11) is 0. The van der Waals surface area contributed by atoms with Gasteiger partial charge in [0.25, 0.3) is 0 Å². The van der Waals surface area contributed by atoms with E-state index in [1.807, 2.05) is 12.1 Å². The predicted octanol–water partition coefficient (Wildman–Crippen LogP) is 4.38. The third kappa shape index (κ3) is 6.77. The van der Waals surface area contributed by atoms with Gasteiger partial charge >= 0.3 is 129 Å². The van der Waals surface area contributed by atoms with Crippen molar-refractivity contribution in [1.29, 1.82) is 0 Å². The topological polar surface area (TPSA) is 59.6 Å². The average Bonchev–Trinajstić information content (AvgIpc) is 3.09. The van der Waals surface area contributed by atoms with Gasteiger partial charge in [-0.3, -0.25) is 0 Å². The maximum absolute atomic E-state index is 5.40. The Morgan fingerprint density at radius 3 is 2.00 bits per heavy atom.